The molecule has 0 radical (unpaired) electrons. The lowest BCUT2D eigenvalue weighted by Gasteiger charge is -1.99. The van der Waals surface area contributed by atoms with Gasteiger partial charge in [0.25, 0.3) is 6.47 Å². The van der Waals surface area contributed by atoms with Gasteiger partial charge < -0.3 is 5.11 Å². The SMILES string of the molecule is O=CO.c1ccc(Cc2cccnc2)cc1. The lowest BCUT2D eigenvalue weighted by atomic mass is 10.1. The van der Waals surface area contributed by atoms with E-state index in [0.29, 0.717) is 0 Å². The summed E-state index contributed by atoms with van der Waals surface area (Å²) in [5.41, 5.74) is 2.59. The van der Waals surface area contributed by atoms with Crippen molar-refractivity contribution >= 4 is 6.47 Å². The minimum atomic E-state index is -0.250. The lowest BCUT2D eigenvalue weighted by molar-refractivity contribution is -0.122. The molecule has 2 aromatic rings. The van der Waals surface area contributed by atoms with Gasteiger partial charge in [0, 0.05) is 12.4 Å². The Kier molecular flexibility index (Phi) is 5.34. The summed E-state index contributed by atoms with van der Waals surface area (Å²) in [4.78, 5) is 12.4. The predicted molar refractivity (Wildman–Crippen MR) is 62.2 cm³/mol. The number of rotatable bonds is 2. The van der Waals surface area contributed by atoms with Crippen molar-refractivity contribution in [3.05, 3.63) is 66.0 Å². The predicted octanol–water partition coefficient (Wildman–Crippen LogP) is 2.37. The highest BCUT2D eigenvalue weighted by Crippen LogP contribution is 2.06. The molecular weight excluding hydrogens is 202 g/mol. The highest BCUT2D eigenvalue weighted by molar-refractivity contribution is 5.32. The maximum Gasteiger partial charge on any atom is 0.290 e. The van der Waals surface area contributed by atoms with Gasteiger partial charge in [0.1, 0.15) is 0 Å². The Labute approximate surface area is 94.4 Å². The van der Waals surface area contributed by atoms with Gasteiger partial charge in [0.15, 0.2) is 0 Å². The number of aromatic nitrogens is 1. The van der Waals surface area contributed by atoms with Gasteiger partial charge in [-0.3, -0.25) is 9.78 Å². The fourth-order valence-corrected chi connectivity index (χ4v) is 1.33. The molecule has 0 saturated heterocycles. The minimum Gasteiger partial charge on any atom is -0.483 e. The molecule has 0 unspecified atom stereocenters. The van der Waals surface area contributed by atoms with Crippen molar-refractivity contribution in [3.8, 4) is 0 Å². The van der Waals surface area contributed by atoms with Crippen LogP contribution in [-0.4, -0.2) is 16.6 Å². The number of carbonyl (C=O) groups is 1. The molecule has 82 valence electrons. The molecule has 0 aliphatic heterocycles. The van der Waals surface area contributed by atoms with Gasteiger partial charge in [-0.05, 0) is 23.6 Å². The maximum atomic E-state index is 8.36. The van der Waals surface area contributed by atoms with Crippen LogP contribution in [0.4, 0.5) is 0 Å². The first-order valence-corrected chi connectivity index (χ1v) is 4.87. The third-order valence-electron chi connectivity index (χ3n) is 1.97. The third kappa shape index (κ3) is 4.37. The molecule has 0 atom stereocenters. The highest BCUT2D eigenvalue weighted by Gasteiger charge is 1.93. The third-order valence-corrected chi connectivity index (χ3v) is 1.97. The normalized spacial score (nSPS) is 8.75. The Morgan fingerprint density at radius 3 is 2.25 bits per heavy atom. The molecule has 1 heterocycles. The van der Waals surface area contributed by atoms with Crippen molar-refractivity contribution in [2.24, 2.45) is 0 Å². The molecule has 3 nitrogen and oxygen atoms in total. The van der Waals surface area contributed by atoms with Gasteiger partial charge in [-0.1, -0.05) is 36.4 Å². The number of nitrogens with zero attached hydrogens (tertiary/aromatic N) is 1. The first-order chi connectivity index (χ1) is 7.86. The summed E-state index contributed by atoms with van der Waals surface area (Å²) < 4.78 is 0. The second-order valence-electron chi connectivity index (χ2n) is 3.13. The van der Waals surface area contributed by atoms with Crippen molar-refractivity contribution < 1.29 is 9.90 Å². The van der Waals surface area contributed by atoms with Gasteiger partial charge in [0.2, 0.25) is 0 Å². The van der Waals surface area contributed by atoms with E-state index in [1.165, 1.54) is 11.1 Å². The van der Waals surface area contributed by atoms with Gasteiger partial charge in [0.05, 0.1) is 0 Å². The van der Waals surface area contributed by atoms with E-state index in [-0.39, 0.29) is 6.47 Å². The van der Waals surface area contributed by atoms with Crippen LogP contribution >= 0.6 is 0 Å². The van der Waals surface area contributed by atoms with Crippen LogP contribution in [0.25, 0.3) is 0 Å². The summed E-state index contributed by atoms with van der Waals surface area (Å²) in [6.07, 6.45) is 4.68. The second kappa shape index (κ2) is 7.17. The summed E-state index contributed by atoms with van der Waals surface area (Å²) in [7, 11) is 0. The zero-order valence-corrected chi connectivity index (χ0v) is 8.78. The van der Waals surface area contributed by atoms with Crippen LogP contribution in [0.2, 0.25) is 0 Å². The summed E-state index contributed by atoms with van der Waals surface area (Å²) in [5, 5.41) is 6.89. The topological polar surface area (TPSA) is 50.2 Å². The van der Waals surface area contributed by atoms with E-state index in [2.05, 4.69) is 35.3 Å². The van der Waals surface area contributed by atoms with Gasteiger partial charge in [-0.2, -0.15) is 0 Å². The largest absolute Gasteiger partial charge is 0.483 e. The maximum absolute atomic E-state index is 8.36. The van der Waals surface area contributed by atoms with Crippen LogP contribution in [0.1, 0.15) is 11.1 Å². The monoisotopic (exact) mass is 215 g/mol. The summed E-state index contributed by atoms with van der Waals surface area (Å²) in [5.74, 6) is 0. The first kappa shape index (κ1) is 11.9. The van der Waals surface area contributed by atoms with E-state index in [4.69, 9.17) is 9.90 Å². The minimum absolute atomic E-state index is 0.250. The molecule has 2 rings (SSSR count). The average molecular weight is 215 g/mol. The fourth-order valence-electron chi connectivity index (χ4n) is 1.33. The summed E-state index contributed by atoms with van der Waals surface area (Å²) in [6, 6.07) is 14.5. The molecule has 3 heteroatoms. The second-order valence-corrected chi connectivity index (χ2v) is 3.13. The standard InChI is InChI=1S/C12H11N.CH2O2/c1-2-5-11(6-3-1)9-12-7-4-8-13-10-12;2-1-3/h1-8,10H,9H2;1H,(H,2,3). The Balaban J connectivity index is 0.000000386. The first-order valence-electron chi connectivity index (χ1n) is 4.87. The molecule has 0 aliphatic rings. The molecule has 0 bridgehead atoms. The van der Waals surface area contributed by atoms with Crippen molar-refractivity contribution in [2.45, 2.75) is 6.42 Å². The number of hydrogen-bond acceptors (Lipinski definition) is 2. The molecule has 0 saturated carbocycles. The van der Waals surface area contributed by atoms with Gasteiger partial charge in [-0.15, -0.1) is 0 Å². The highest BCUT2D eigenvalue weighted by atomic mass is 16.3. The van der Waals surface area contributed by atoms with Crippen LogP contribution in [0.3, 0.4) is 0 Å². The Bertz CT molecular complexity index is 363. The van der Waals surface area contributed by atoms with E-state index >= 15 is 0 Å². The number of hydrogen-bond donors (Lipinski definition) is 1. The van der Waals surface area contributed by atoms with E-state index in [0.717, 1.165) is 6.42 Å². The van der Waals surface area contributed by atoms with Crippen molar-refractivity contribution in [1.29, 1.82) is 0 Å². The fraction of sp³-hybridized carbons (Fsp3) is 0.0769. The number of carboxylic acid groups (broad SMARTS) is 1. The molecule has 0 fully saturated rings. The van der Waals surface area contributed by atoms with E-state index in [1.54, 1.807) is 6.20 Å². The van der Waals surface area contributed by atoms with E-state index in [1.807, 2.05) is 18.3 Å². The van der Waals surface area contributed by atoms with Crippen LogP contribution in [0.5, 0.6) is 0 Å². The van der Waals surface area contributed by atoms with Crippen molar-refractivity contribution in [3.63, 3.8) is 0 Å². The van der Waals surface area contributed by atoms with Gasteiger partial charge in [-0.25, -0.2) is 0 Å². The molecule has 0 amide bonds. The molecule has 1 aromatic heterocycles. The molecule has 0 aliphatic carbocycles. The van der Waals surface area contributed by atoms with Crippen molar-refractivity contribution in [2.75, 3.05) is 0 Å². The van der Waals surface area contributed by atoms with E-state index in [9.17, 15) is 0 Å². The Morgan fingerprint density at radius 1 is 1.06 bits per heavy atom. The average Bonchev–Trinajstić information content (AvgIpc) is 2.33. The molecular formula is C13H13NO2. The lowest BCUT2D eigenvalue weighted by Crippen LogP contribution is -1.87. The van der Waals surface area contributed by atoms with Gasteiger partial charge >= 0.3 is 0 Å². The molecule has 16 heavy (non-hydrogen) atoms. The Hall–Kier alpha value is -2.16. The van der Waals surface area contributed by atoms with Crippen LogP contribution in [0, 0.1) is 0 Å². The molecule has 1 N–H and O–H groups in total. The van der Waals surface area contributed by atoms with E-state index < -0.39 is 0 Å². The summed E-state index contributed by atoms with van der Waals surface area (Å²) in [6.45, 7) is -0.250. The van der Waals surface area contributed by atoms with Crippen molar-refractivity contribution in [1.82, 2.24) is 4.98 Å². The van der Waals surface area contributed by atoms with Crippen LogP contribution < -0.4 is 0 Å². The zero-order valence-electron chi connectivity index (χ0n) is 8.78. The summed E-state index contributed by atoms with van der Waals surface area (Å²) >= 11 is 0. The number of pyridine rings is 1. The smallest absolute Gasteiger partial charge is 0.290 e. The molecule has 1 aromatic carbocycles. The quantitative estimate of drug-likeness (QED) is 0.782. The number of benzene rings is 1. The van der Waals surface area contributed by atoms with Crippen LogP contribution in [0.15, 0.2) is 54.9 Å². The zero-order chi connectivity index (χ0) is 11.6. The molecule has 0 spiro atoms. The Morgan fingerprint density at radius 2 is 1.69 bits per heavy atom. The van der Waals surface area contributed by atoms with Crippen LogP contribution in [-0.2, 0) is 11.2 Å².